The molecule has 0 aliphatic carbocycles. The molecule has 6 aliphatic rings. The fraction of sp³-hybridized carbons (Fsp3) is 0.536. The number of carbonyl (C=O) groups is 2. The number of aliphatic hydroxyl groups is 17. The Labute approximate surface area is 718 Å². The molecule has 2 amide bonds. The molecule has 59 heteroatoms. The molecule has 687 valence electrons. The topological polar surface area (TPSA) is 856 Å². The van der Waals surface area contributed by atoms with E-state index < -0.39 is 323 Å². The summed E-state index contributed by atoms with van der Waals surface area (Å²) in [4.78, 5) is 31.2. The number of nitrogens with one attached hydrogen (secondary N) is 2. The van der Waals surface area contributed by atoms with Gasteiger partial charge in [0.15, 0.2) is 49.0 Å². The Morgan fingerprint density at radius 2 is 0.766 bits per heavy atom. The maximum Gasteiger partial charge on any atom is 0.263 e. The molecule has 6 aliphatic heterocycles. The molecule has 23 radical (unpaired) electrons. The zero-order chi connectivity index (χ0) is 91.9. The Morgan fingerprint density at radius 3 is 1.16 bits per heavy atom. The highest BCUT2D eigenvalue weighted by molar-refractivity contribution is 6.00. The van der Waals surface area contributed by atoms with Gasteiger partial charge in [-0.05, 0) is 23.8 Å². The van der Waals surface area contributed by atoms with Gasteiger partial charge in [0.25, 0.3) is 30.2 Å². The average Bonchev–Trinajstić information content (AvgIpc) is 1.56. The van der Waals surface area contributed by atoms with Crippen LogP contribution in [-0.2, 0) is 133 Å². The summed E-state index contributed by atoms with van der Waals surface area (Å²) in [5.41, 5.74) is -6.97. The summed E-state index contributed by atoms with van der Waals surface area (Å²) in [5, 5.41) is 331. The zero-order valence-corrected chi connectivity index (χ0v) is 65.4. The van der Waals surface area contributed by atoms with Crippen molar-refractivity contribution < 1.29 is 194 Å². The number of carbonyl (C=O) groups excluding carboxylic acids is 2. The first-order valence-electron chi connectivity index (χ1n) is 37.7. The number of rotatable bonds is 39. The number of ether oxygens (including phenoxy) is 12. The highest BCUT2D eigenvalue weighted by Gasteiger charge is 2.57. The van der Waals surface area contributed by atoms with Crippen LogP contribution in [0, 0.1) is 80.7 Å². The SMILES string of the molecule is [O][C][C]1O[C](n2[c]c(OCC(COCc3cn([C@@H]4O[C@H](CO)[C@H](O)C(O)C4O)nn3)(COCc3cn([C@H]4O[C@@H](CO)[C@H](O)[C@@H](O)[C@@H]4O)nn3)NC(=O)c3cc(CO)cc(C(=O)N[C@](COCc4cn([C]5O[C]([C][O])[C]([O])[C]([O])[C]5[O])nn4)(COCc4cn([C@H]5O[C@@H](CO)[C@H](O)[C@@H](O)[C@@H]5O)nn4)OCc4cn([C@@H]5O[C@H](CO)[C@H](O)C(O)C5O)nn4)c3)nn2)[C]([O])[C]([O])[C]1[O]. The van der Waals surface area contributed by atoms with Gasteiger partial charge in [0.2, 0.25) is 49.8 Å². The Bertz CT molecular complexity index is 4260. The first-order chi connectivity index (χ1) is 61.3. The van der Waals surface area contributed by atoms with Crippen molar-refractivity contribution in [2.45, 2.75) is 173 Å². The molecule has 22 atom stereocenters. The van der Waals surface area contributed by atoms with Gasteiger partial charge in [-0.2, -0.15) is 4.68 Å². The highest BCUT2D eigenvalue weighted by Crippen LogP contribution is 2.47. The summed E-state index contributed by atoms with van der Waals surface area (Å²) >= 11 is 0. The molecule has 6 aromatic heterocycles. The van der Waals surface area contributed by atoms with Gasteiger partial charge in [0.1, 0.15) is 138 Å². The Hall–Kier alpha value is -8.64. The zero-order valence-electron chi connectivity index (χ0n) is 65.4. The minimum atomic E-state index is -2.53. The van der Waals surface area contributed by atoms with Crippen LogP contribution in [0.1, 0.15) is 79.7 Å². The molecule has 19 N–H and O–H groups in total. The van der Waals surface area contributed by atoms with E-state index in [2.05, 4.69) is 78.7 Å². The van der Waals surface area contributed by atoms with Crippen LogP contribution in [0.5, 0.6) is 5.88 Å². The summed E-state index contributed by atoms with van der Waals surface area (Å²) in [7, 11) is 0. The second-order valence-corrected chi connectivity index (χ2v) is 29.2. The predicted molar refractivity (Wildman–Crippen MR) is 374 cm³/mol. The van der Waals surface area contributed by atoms with Crippen LogP contribution in [0.3, 0.4) is 0 Å². The number of hydrogen-bond donors (Lipinski definition) is 19. The van der Waals surface area contributed by atoms with Crippen LogP contribution in [0.25, 0.3) is 0 Å². The minimum Gasteiger partial charge on any atom is -0.472 e. The molecule has 13 rings (SSSR count). The van der Waals surface area contributed by atoms with Gasteiger partial charge in [0, 0.05) is 11.1 Å². The number of hydrogen-bond acceptors (Lipinski definition) is 43. The highest BCUT2D eigenvalue weighted by atomic mass is 16.6. The standard InChI is InChI=1S/C69H77N20O39/c90-10-27-1-28(60(115)70-68(24-121-41-9-89(83-77-41)67-59(114)53(108)47(102)40(16-96)128-67,22-117-17-30-4-84(78-72-30)62-54(109)48(103)42(97)35(11-91)123-62)23-118-18-31-5-85(79-73-31)63-55(110)49(104)43(98)36(12-92)124-63)3-29(2-27)61(116)71-69(122-21-34-8-88(82-76-34)66-58(113)52(107)46(101)39(15-95)127-66,25-119-19-32-6-86(80-74-32)64-56(111)50(105)44(99)37(13-93)125-64)26-120-20-33-7-87(81-75-33)65-57(112)51(106)45(100)38(14-94)126-65/h1-8,35-37,39,42-44,46,48-50,52,54-56,58,62-64,66,90-93,95,97-99,101,103-105,107,109-111,113H,10-13,15,17-26H2,(H,70,115)(H,71,116)/t35-,36+,37-,39+,42-,43-,44-,46-,48+,49?,50+,52?,54-,55?,56-,58?,62-,63+,64-,66+,68?,69+/m0/s1. The lowest BCUT2D eigenvalue weighted by Crippen LogP contribution is -2.59. The summed E-state index contributed by atoms with van der Waals surface area (Å²) in [5.74, 6) is -3.26. The minimum absolute atomic E-state index is 0.113. The van der Waals surface area contributed by atoms with E-state index in [1.54, 1.807) is 0 Å². The first-order valence-corrected chi connectivity index (χ1v) is 37.7. The molecule has 5 unspecified atom stereocenters. The third-order valence-electron chi connectivity index (χ3n) is 20.1. The van der Waals surface area contributed by atoms with Gasteiger partial charge in [0.05, 0.1) is 123 Å². The largest absolute Gasteiger partial charge is 0.472 e. The van der Waals surface area contributed by atoms with Crippen molar-refractivity contribution in [2.24, 2.45) is 0 Å². The van der Waals surface area contributed by atoms with Crippen molar-refractivity contribution >= 4 is 11.8 Å². The molecule has 0 spiro atoms. The average molecular weight is 1810 g/mol. The molecule has 6 fully saturated rings. The fourth-order valence-electron chi connectivity index (χ4n) is 13.3. The molecule has 59 nitrogen and oxygen atoms in total. The molecular weight excluding hydrogens is 1730 g/mol. The number of amides is 2. The van der Waals surface area contributed by atoms with Crippen molar-refractivity contribution in [3.05, 3.63) is 175 Å². The first kappa shape index (κ1) is 96.9. The van der Waals surface area contributed by atoms with Crippen molar-refractivity contribution in [3.8, 4) is 5.88 Å². The van der Waals surface area contributed by atoms with Crippen LogP contribution in [0.2, 0.25) is 0 Å². The number of aromatic nitrogens is 18. The van der Waals surface area contributed by atoms with Crippen LogP contribution in [0.4, 0.5) is 0 Å². The summed E-state index contributed by atoms with van der Waals surface area (Å²) in [6.45, 7) is -10.3. The normalized spacial score (nSPS) is 30.3. The third kappa shape index (κ3) is 21.3. The van der Waals surface area contributed by atoms with E-state index in [0.717, 1.165) is 81.1 Å². The Morgan fingerprint density at radius 1 is 0.406 bits per heavy atom. The molecule has 0 saturated carbocycles. The molecule has 7 aromatic rings. The lowest BCUT2D eigenvalue weighted by Gasteiger charge is -2.39. The van der Waals surface area contributed by atoms with E-state index in [-0.39, 0.29) is 34.0 Å². The quantitative estimate of drug-likeness (QED) is 0.0159. The molecule has 0 bridgehead atoms. The maximum atomic E-state index is 15.6. The monoisotopic (exact) mass is 1810 g/mol. The molecule has 12 heterocycles. The van der Waals surface area contributed by atoms with Crippen molar-refractivity contribution in [3.63, 3.8) is 0 Å². The van der Waals surface area contributed by atoms with E-state index in [4.69, 9.17) is 56.8 Å². The van der Waals surface area contributed by atoms with Gasteiger partial charge >= 0.3 is 0 Å². The van der Waals surface area contributed by atoms with Gasteiger partial charge < -0.3 is 154 Å². The molecule has 1 aromatic carbocycles. The third-order valence-corrected chi connectivity index (χ3v) is 20.1. The van der Waals surface area contributed by atoms with Crippen LogP contribution in [0.15, 0.2) is 49.2 Å². The fourth-order valence-corrected chi connectivity index (χ4v) is 13.3. The second-order valence-electron chi connectivity index (χ2n) is 29.2. The van der Waals surface area contributed by atoms with Gasteiger partial charge in [-0.15, -0.1) is 25.5 Å². The summed E-state index contributed by atoms with van der Waals surface area (Å²) in [6, 6.07) is 3.05. The number of benzene rings is 1. The van der Waals surface area contributed by atoms with Crippen LogP contribution in [-0.4, -0.2) is 357 Å². The number of nitrogens with zero attached hydrogens (tertiary/aromatic N) is 18. The van der Waals surface area contributed by atoms with E-state index in [0.29, 0.717) is 9.36 Å². The van der Waals surface area contributed by atoms with Gasteiger partial charge in [-0.25, -0.2) is 64.3 Å². The lowest BCUT2D eigenvalue weighted by atomic mass is 9.98. The van der Waals surface area contributed by atoms with E-state index >= 15 is 9.59 Å². The second kappa shape index (κ2) is 42.3. The Balaban J connectivity index is 0.848. The van der Waals surface area contributed by atoms with E-state index in [1.807, 2.05) is 0 Å². The van der Waals surface area contributed by atoms with E-state index in [9.17, 15) is 128 Å². The Kier molecular flexibility index (Phi) is 32.0. The van der Waals surface area contributed by atoms with Crippen molar-refractivity contribution in [2.75, 3.05) is 59.5 Å². The summed E-state index contributed by atoms with van der Waals surface area (Å²) < 4.78 is 74.2. The van der Waals surface area contributed by atoms with Gasteiger partial charge in [-0.3, -0.25) is 9.59 Å². The maximum absolute atomic E-state index is 15.6. The predicted octanol–water partition coefficient (Wildman–Crippen LogP) is -13.0. The summed E-state index contributed by atoms with van der Waals surface area (Å²) in [6.07, 6.45) is -41.3. The smallest absolute Gasteiger partial charge is 0.263 e. The van der Waals surface area contributed by atoms with Crippen molar-refractivity contribution in [1.82, 2.24) is 101 Å². The van der Waals surface area contributed by atoms with Crippen LogP contribution < -0.4 is 15.4 Å². The van der Waals surface area contributed by atoms with Crippen molar-refractivity contribution in [1.29, 1.82) is 0 Å². The lowest BCUT2D eigenvalue weighted by molar-refractivity contribution is -0.254. The van der Waals surface area contributed by atoms with Crippen LogP contribution >= 0.6 is 0 Å². The van der Waals surface area contributed by atoms with E-state index in [1.165, 1.54) is 0 Å². The molecule has 128 heavy (non-hydrogen) atoms. The van der Waals surface area contributed by atoms with Gasteiger partial charge in [-0.1, -0.05) is 36.4 Å². The molecular formula is C69H77N20O39. The molecule has 6 saturated heterocycles. The number of aliphatic hydroxyl groups excluding tert-OH is 17.